The van der Waals surface area contributed by atoms with Crippen molar-refractivity contribution in [3.05, 3.63) is 254 Å². The van der Waals surface area contributed by atoms with E-state index in [0.717, 1.165) is 33.8 Å². The highest BCUT2D eigenvalue weighted by Gasteiger charge is 2.41. The molecule has 0 radical (unpaired) electrons. The number of para-hydroxylation sites is 4. The van der Waals surface area contributed by atoms with Crippen molar-refractivity contribution in [2.45, 2.75) is 12.0 Å². The third kappa shape index (κ3) is 6.30. The van der Waals surface area contributed by atoms with Crippen LogP contribution in [0.3, 0.4) is 0 Å². The molecule has 0 spiro atoms. The number of anilines is 2. The van der Waals surface area contributed by atoms with Gasteiger partial charge in [0, 0.05) is 55.5 Å². The van der Waals surface area contributed by atoms with Crippen molar-refractivity contribution >= 4 is 60.6 Å². The Morgan fingerprint density at radius 1 is 0.362 bits per heavy atom. The first-order valence-corrected chi connectivity index (χ1v) is 23.6. The molecule has 0 saturated carbocycles. The zero-order valence-electron chi connectivity index (χ0n) is 37.4. The first-order valence-electron chi connectivity index (χ1n) is 23.6. The van der Waals surface area contributed by atoms with Gasteiger partial charge < -0.3 is 14.0 Å². The minimum atomic E-state index is -0.00917. The summed E-state index contributed by atoms with van der Waals surface area (Å²) in [6.07, 6.45) is 7.24. The van der Waals surface area contributed by atoms with Gasteiger partial charge in [0.2, 0.25) is 0 Å². The number of hydrogen-bond donors (Lipinski definition) is 0. The van der Waals surface area contributed by atoms with E-state index in [0.29, 0.717) is 17.5 Å². The van der Waals surface area contributed by atoms with E-state index in [1.54, 1.807) is 0 Å². The van der Waals surface area contributed by atoms with Crippen LogP contribution in [0.4, 0.5) is 11.4 Å². The molecule has 14 rings (SSSR count). The smallest absolute Gasteiger partial charge is 0.164 e. The Hall–Kier alpha value is -9.13. The van der Waals surface area contributed by atoms with Gasteiger partial charge in [-0.2, -0.15) is 0 Å². The highest BCUT2D eigenvalue weighted by molar-refractivity contribution is 6.11. The first-order chi connectivity index (χ1) is 34.2. The van der Waals surface area contributed by atoms with Crippen LogP contribution >= 0.6 is 0 Å². The van der Waals surface area contributed by atoms with Gasteiger partial charge >= 0.3 is 0 Å². The molecule has 2 atom stereocenters. The third-order valence-electron chi connectivity index (χ3n) is 14.1. The zero-order chi connectivity index (χ0) is 45.4. The molecule has 1 aliphatic heterocycles. The highest BCUT2D eigenvalue weighted by atomic mass is 15.2. The predicted octanol–water partition coefficient (Wildman–Crippen LogP) is 15.3. The normalized spacial score (nSPS) is 15.2. The Morgan fingerprint density at radius 3 is 1.28 bits per heavy atom. The van der Waals surface area contributed by atoms with E-state index in [-0.39, 0.29) is 12.0 Å². The Bertz CT molecular complexity index is 3850. The highest BCUT2D eigenvalue weighted by Crippen LogP contribution is 2.54. The summed E-state index contributed by atoms with van der Waals surface area (Å²) in [6.45, 7) is 0. The lowest BCUT2D eigenvalue weighted by atomic mass is 9.86. The van der Waals surface area contributed by atoms with Gasteiger partial charge in [-0.15, -0.1) is 0 Å². The van der Waals surface area contributed by atoms with Gasteiger partial charge in [-0.1, -0.05) is 182 Å². The van der Waals surface area contributed by atoms with E-state index in [1.165, 1.54) is 66.0 Å². The van der Waals surface area contributed by atoms with Gasteiger partial charge in [-0.05, 0) is 77.4 Å². The van der Waals surface area contributed by atoms with Crippen molar-refractivity contribution in [1.82, 2.24) is 24.1 Å². The van der Waals surface area contributed by atoms with E-state index in [1.807, 2.05) is 36.4 Å². The van der Waals surface area contributed by atoms with Crippen LogP contribution in [0.1, 0.15) is 17.0 Å². The van der Waals surface area contributed by atoms with Crippen LogP contribution in [0.5, 0.6) is 0 Å². The minimum absolute atomic E-state index is 0.00917. The lowest BCUT2D eigenvalue weighted by Crippen LogP contribution is -2.29. The Balaban J connectivity index is 1.02. The fourth-order valence-corrected chi connectivity index (χ4v) is 11.0. The second-order valence-electron chi connectivity index (χ2n) is 18.0. The van der Waals surface area contributed by atoms with E-state index in [2.05, 4.69) is 220 Å². The maximum atomic E-state index is 5.09. The lowest BCUT2D eigenvalue weighted by molar-refractivity contribution is 0.746. The van der Waals surface area contributed by atoms with Crippen LogP contribution in [0.25, 0.3) is 94.7 Å². The molecule has 3 aromatic heterocycles. The van der Waals surface area contributed by atoms with Crippen LogP contribution in [0.15, 0.2) is 243 Å². The van der Waals surface area contributed by atoms with Crippen molar-refractivity contribution in [1.29, 1.82) is 0 Å². The van der Waals surface area contributed by atoms with Crippen molar-refractivity contribution < 1.29 is 0 Å². The number of benzene rings is 9. The molecule has 6 nitrogen and oxygen atoms in total. The zero-order valence-corrected chi connectivity index (χ0v) is 37.4. The molecule has 2 aliphatic rings. The standard InChI is InChI=1S/C63H42N6/c1-4-18-41(19-5-1)45-34-37-58-52(38-45)53-39-47(67-54-28-14-10-24-48(54)49-25-11-15-29-55(49)67)40-59(69-56-30-16-12-26-50(56)51-27-13-17-31-57(51)69)60(53)68(58)46-35-32-44(33-36-46)63-65-61(42-20-6-2-7-21-42)64-62(66-63)43-22-8-3-9-23-43/h1-40,52,58H. The second-order valence-corrected chi connectivity index (χ2v) is 18.0. The molecular weight excluding hydrogens is 841 g/mol. The number of allylic oxidation sites excluding steroid dienone is 2. The van der Waals surface area contributed by atoms with Crippen molar-refractivity contribution in [3.8, 4) is 45.5 Å². The molecule has 0 N–H and O–H groups in total. The molecule has 4 heterocycles. The van der Waals surface area contributed by atoms with Gasteiger partial charge in [-0.3, -0.25) is 0 Å². The lowest BCUT2D eigenvalue weighted by Gasteiger charge is -2.31. The second kappa shape index (κ2) is 15.8. The fraction of sp³-hybridized carbons (Fsp3) is 0.0317. The fourth-order valence-electron chi connectivity index (χ4n) is 11.0. The Labute approximate surface area is 399 Å². The number of aromatic nitrogens is 5. The molecule has 1 aliphatic carbocycles. The summed E-state index contributed by atoms with van der Waals surface area (Å²) in [5, 5.41) is 4.93. The molecule has 0 saturated heterocycles. The average Bonchev–Trinajstić information content (AvgIpc) is 4.07. The summed E-state index contributed by atoms with van der Waals surface area (Å²) in [7, 11) is 0. The quantitative estimate of drug-likeness (QED) is 0.160. The van der Waals surface area contributed by atoms with Crippen LogP contribution in [-0.4, -0.2) is 30.1 Å². The Morgan fingerprint density at radius 2 is 0.783 bits per heavy atom. The van der Waals surface area contributed by atoms with Gasteiger partial charge in [0.05, 0.1) is 39.5 Å². The van der Waals surface area contributed by atoms with Crippen LogP contribution < -0.4 is 4.90 Å². The topological polar surface area (TPSA) is 51.8 Å². The van der Waals surface area contributed by atoms with E-state index in [4.69, 9.17) is 15.0 Å². The maximum absolute atomic E-state index is 5.09. The summed E-state index contributed by atoms with van der Waals surface area (Å²) in [6, 6.07) is 80.1. The molecule has 324 valence electrons. The summed E-state index contributed by atoms with van der Waals surface area (Å²) < 4.78 is 4.98. The van der Waals surface area contributed by atoms with Crippen LogP contribution in [0, 0.1) is 0 Å². The number of hydrogen-bond acceptors (Lipinski definition) is 4. The van der Waals surface area contributed by atoms with Crippen LogP contribution in [-0.2, 0) is 0 Å². The van der Waals surface area contributed by atoms with Gasteiger partial charge in [-0.25, -0.2) is 15.0 Å². The molecule has 9 aromatic carbocycles. The Kier molecular flexibility index (Phi) is 8.92. The molecule has 0 bridgehead atoms. The van der Waals surface area contributed by atoms with Crippen LogP contribution in [0.2, 0.25) is 0 Å². The molecule has 69 heavy (non-hydrogen) atoms. The number of rotatable bonds is 7. The predicted molar refractivity (Wildman–Crippen MR) is 283 cm³/mol. The monoisotopic (exact) mass is 882 g/mol. The molecule has 6 heteroatoms. The summed E-state index contributed by atoms with van der Waals surface area (Å²) >= 11 is 0. The van der Waals surface area contributed by atoms with Gasteiger partial charge in [0.1, 0.15) is 0 Å². The van der Waals surface area contributed by atoms with Crippen molar-refractivity contribution in [2.75, 3.05) is 4.90 Å². The van der Waals surface area contributed by atoms with Gasteiger partial charge in [0.15, 0.2) is 17.5 Å². The summed E-state index contributed by atoms with van der Waals surface area (Å²) in [5.74, 6) is 1.94. The third-order valence-corrected chi connectivity index (χ3v) is 14.1. The van der Waals surface area contributed by atoms with E-state index in [9.17, 15) is 0 Å². The summed E-state index contributed by atoms with van der Waals surface area (Å²) in [5.41, 5.74) is 15.7. The van der Waals surface area contributed by atoms with Gasteiger partial charge in [0.25, 0.3) is 0 Å². The molecule has 2 unspecified atom stereocenters. The largest absolute Gasteiger partial charge is 0.332 e. The average molecular weight is 883 g/mol. The minimum Gasteiger partial charge on any atom is -0.332 e. The summed E-state index contributed by atoms with van der Waals surface area (Å²) in [4.78, 5) is 17.7. The number of nitrogens with zero attached hydrogens (tertiary/aromatic N) is 6. The van der Waals surface area contributed by atoms with E-state index < -0.39 is 0 Å². The molecule has 0 amide bonds. The molecule has 0 fully saturated rings. The van der Waals surface area contributed by atoms with Crippen molar-refractivity contribution in [2.24, 2.45) is 0 Å². The molecular formula is C63H42N6. The molecule has 12 aromatic rings. The van der Waals surface area contributed by atoms with Crippen molar-refractivity contribution in [3.63, 3.8) is 0 Å². The SMILES string of the molecule is C1=CC2C(C=C1c1ccccc1)c1cc(-n3c4ccccc4c4ccccc43)cc(-n3c4ccccc4c4ccccc43)c1N2c1ccc(-c2nc(-c3ccccc3)nc(-c3ccccc3)n2)cc1. The number of fused-ring (bicyclic) bond motifs is 9. The maximum Gasteiger partial charge on any atom is 0.164 e. The van der Waals surface area contributed by atoms with E-state index >= 15 is 0 Å². The first kappa shape index (κ1) is 39.1.